The predicted octanol–water partition coefficient (Wildman–Crippen LogP) is 1.79. The van der Waals surface area contributed by atoms with Crippen LogP contribution in [-0.4, -0.2) is 34.3 Å². The number of anilines is 1. The van der Waals surface area contributed by atoms with Gasteiger partial charge in [-0.1, -0.05) is 6.92 Å². The van der Waals surface area contributed by atoms with Crippen molar-refractivity contribution in [1.82, 2.24) is 9.88 Å². The molecule has 0 saturated carbocycles. The molecule has 0 radical (unpaired) electrons. The van der Waals surface area contributed by atoms with Gasteiger partial charge in [-0.05, 0) is 34.5 Å². The van der Waals surface area contributed by atoms with Gasteiger partial charge < -0.3 is 5.32 Å². The molecule has 1 fully saturated rings. The number of halogens is 1. The fraction of sp³-hybridized carbons (Fsp3) is 0.417. The lowest BCUT2D eigenvalue weighted by Crippen LogP contribution is -2.35. The number of carbonyl (C=O) groups is 2. The number of nitrogens with zero attached hydrogens (tertiary/aromatic N) is 2. The molecule has 5 nitrogen and oxygen atoms in total. The lowest BCUT2D eigenvalue weighted by Gasteiger charge is -2.14. The van der Waals surface area contributed by atoms with Gasteiger partial charge in [-0.2, -0.15) is 0 Å². The van der Waals surface area contributed by atoms with Crippen LogP contribution in [0.25, 0.3) is 0 Å². The second-order valence-electron chi connectivity index (χ2n) is 4.15. The molecule has 2 rings (SSSR count). The SMILES string of the molecule is CCCN1C(=O)CC(Nc2ccc(Br)cn2)C1=O. The fourth-order valence-corrected chi connectivity index (χ4v) is 2.13. The number of hydrogen-bond acceptors (Lipinski definition) is 4. The number of rotatable bonds is 4. The van der Waals surface area contributed by atoms with Gasteiger partial charge >= 0.3 is 0 Å². The highest BCUT2D eigenvalue weighted by Gasteiger charge is 2.37. The van der Waals surface area contributed by atoms with Gasteiger partial charge in [-0.25, -0.2) is 4.98 Å². The van der Waals surface area contributed by atoms with Crippen molar-refractivity contribution in [3.63, 3.8) is 0 Å². The van der Waals surface area contributed by atoms with Crippen molar-refractivity contribution in [3.05, 3.63) is 22.8 Å². The predicted molar refractivity (Wildman–Crippen MR) is 71.0 cm³/mol. The Morgan fingerprint density at radius 2 is 2.28 bits per heavy atom. The summed E-state index contributed by atoms with van der Waals surface area (Å²) < 4.78 is 0.870. The van der Waals surface area contributed by atoms with E-state index in [2.05, 4.69) is 26.2 Å². The third kappa shape index (κ3) is 2.69. The van der Waals surface area contributed by atoms with E-state index in [9.17, 15) is 9.59 Å². The lowest BCUT2D eigenvalue weighted by molar-refractivity contribution is -0.138. The summed E-state index contributed by atoms with van der Waals surface area (Å²) in [5, 5.41) is 2.99. The topological polar surface area (TPSA) is 62.3 Å². The molecule has 18 heavy (non-hydrogen) atoms. The molecule has 1 N–H and O–H groups in total. The van der Waals surface area contributed by atoms with Gasteiger partial charge in [0.15, 0.2) is 0 Å². The summed E-state index contributed by atoms with van der Waals surface area (Å²) in [5.74, 6) is 0.325. The van der Waals surface area contributed by atoms with Crippen LogP contribution in [0.1, 0.15) is 19.8 Å². The smallest absolute Gasteiger partial charge is 0.252 e. The molecule has 1 unspecified atom stereocenters. The normalized spacial score (nSPS) is 19.4. The molecule has 0 spiro atoms. The molecule has 96 valence electrons. The van der Waals surface area contributed by atoms with Gasteiger partial charge in [0.1, 0.15) is 11.9 Å². The van der Waals surface area contributed by atoms with E-state index in [-0.39, 0.29) is 18.2 Å². The Kier molecular flexibility index (Phi) is 3.96. The van der Waals surface area contributed by atoms with Crippen molar-refractivity contribution in [2.24, 2.45) is 0 Å². The lowest BCUT2D eigenvalue weighted by atomic mass is 10.2. The summed E-state index contributed by atoms with van der Waals surface area (Å²) in [7, 11) is 0. The van der Waals surface area contributed by atoms with Crippen LogP contribution in [0.4, 0.5) is 5.82 Å². The molecule has 6 heteroatoms. The van der Waals surface area contributed by atoms with Crippen molar-refractivity contribution in [1.29, 1.82) is 0 Å². The number of imide groups is 1. The van der Waals surface area contributed by atoms with Crippen molar-refractivity contribution in [3.8, 4) is 0 Å². The van der Waals surface area contributed by atoms with E-state index in [0.29, 0.717) is 12.4 Å². The van der Waals surface area contributed by atoms with Gasteiger partial charge in [0.25, 0.3) is 5.91 Å². The first-order chi connectivity index (χ1) is 8.61. The molecule has 0 bridgehead atoms. The Hall–Kier alpha value is -1.43. The average Bonchev–Trinajstić information content (AvgIpc) is 2.60. The van der Waals surface area contributed by atoms with Crippen LogP contribution < -0.4 is 5.32 Å². The highest BCUT2D eigenvalue weighted by Crippen LogP contribution is 2.18. The molecule has 1 aromatic rings. The number of carbonyl (C=O) groups excluding carboxylic acids is 2. The first kappa shape index (κ1) is 13.0. The molecular weight excluding hydrogens is 298 g/mol. The molecule has 2 heterocycles. The number of hydrogen-bond donors (Lipinski definition) is 1. The molecule has 1 aromatic heterocycles. The van der Waals surface area contributed by atoms with Crippen LogP contribution in [0.5, 0.6) is 0 Å². The van der Waals surface area contributed by atoms with Crippen molar-refractivity contribution in [2.75, 3.05) is 11.9 Å². The zero-order chi connectivity index (χ0) is 13.1. The van der Waals surface area contributed by atoms with Crippen molar-refractivity contribution in [2.45, 2.75) is 25.8 Å². The van der Waals surface area contributed by atoms with E-state index in [1.54, 1.807) is 12.3 Å². The molecular formula is C12H14BrN3O2. The molecule has 1 aliphatic heterocycles. The zero-order valence-corrected chi connectivity index (χ0v) is 11.6. The fourth-order valence-electron chi connectivity index (χ4n) is 1.89. The maximum absolute atomic E-state index is 12.0. The molecule has 0 aliphatic carbocycles. The minimum atomic E-state index is -0.488. The number of pyridine rings is 1. The summed E-state index contributed by atoms with van der Waals surface area (Å²) in [4.78, 5) is 29.1. The van der Waals surface area contributed by atoms with Gasteiger partial charge in [-0.15, -0.1) is 0 Å². The minimum absolute atomic E-state index is 0.114. The van der Waals surface area contributed by atoms with Crippen LogP contribution in [0.3, 0.4) is 0 Å². The Labute approximate surface area is 114 Å². The largest absolute Gasteiger partial charge is 0.358 e. The zero-order valence-electron chi connectivity index (χ0n) is 10.0. The van der Waals surface area contributed by atoms with Crippen LogP contribution in [0.15, 0.2) is 22.8 Å². The maximum Gasteiger partial charge on any atom is 0.252 e. The van der Waals surface area contributed by atoms with E-state index in [4.69, 9.17) is 0 Å². The van der Waals surface area contributed by atoms with Crippen LogP contribution >= 0.6 is 15.9 Å². The average molecular weight is 312 g/mol. The van der Waals surface area contributed by atoms with Crippen molar-refractivity contribution >= 4 is 33.6 Å². The summed E-state index contributed by atoms with van der Waals surface area (Å²) in [6.07, 6.45) is 2.63. The summed E-state index contributed by atoms with van der Waals surface area (Å²) >= 11 is 3.29. The summed E-state index contributed by atoms with van der Waals surface area (Å²) in [6.45, 7) is 2.43. The first-order valence-corrected chi connectivity index (χ1v) is 6.63. The molecule has 0 aromatic carbocycles. The number of amides is 2. The second-order valence-corrected chi connectivity index (χ2v) is 5.06. The van der Waals surface area contributed by atoms with Gasteiger partial charge in [0.2, 0.25) is 5.91 Å². The van der Waals surface area contributed by atoms with E-state index in [1.165, 1.54) is 4.90 Å². The maximum atomic E-state index is 12.0. The Bertz CT molecular complexity index is 461. The van der Waals surface area contributed by atoms with Crippen LogP contribution in [-0.2, 0) is 9.59 Å². The van der Waals surface area contributed by atoms with Gasteiger partial charge in [-0.3, -0.25) is 14.5 Å². The van der Waals surface area contributed by atoms with E-state index in [1.807, 2.05) is 13.0 Å². The summed E-state index contributed by atoms with van der Waals surface area (Å²) in [5.41, 5.74) is 0. The number of likely N-dealkylation sites (tertiary alicyclic amines) is 1. The van der Waals surface area contributed by atoms with E-state index in [0.717, 1.165) is 10.9 Å². The Morgan fingerprint density at radius 1 is 1.50 bits per heavy atom. The molecule has 1 atom stereocenters. The monoisotopic (exact) mass is 311 g/mol. The first-order valence-electron chi connectivity index (χ1n) is 5.84. The van der Waals surface area contributed by atoms with Gasteiger partial charge in [0.05, 0.1) is 6.42 Å². The minimum Gasteiger partial charge on any atom is -0.358 e. The second kappa shape index (κ2) is 5.48. The number of aromatic nitrogens is 1. The Balaban J connectivity index is 2.05. The van der Waals surface area contributed by atoms with Crippen LogP contribution in [0.2, 0.25) is 0 Å². The highest BCUT2D eigenvalue weighted by molar-refractivity contribution is 9.10. The van der Waals surface area contributed by atoms with Crippen molar-refractivity contribution < 1.29 is 9.59 Å². The summed E-state index contributed by atoms with van der Waals surface area (Å²) in [6, 6.07) is 3.11. The molecule has 2 amide bonds. The third-order valence-electron chi connectivity index (χ3n) is 2.74. The van der Waals surface area contributed by atoms with Crippen LogP contribution in [0, 0.1) is 0 Å². The Morgan fingerprint density at radius 3 is 2.89 bits per heavy atom. The van der Waals surface area contributed by atoms with E-state index < -0.39 is 6.04 Å². The van der Waals surface area contributed by atoms with E-state index >= 15 is 0 Å². The quantitative estimate of drug-likeness (QED) is 0.861. The third-order valence-corrected chi connectivity index (χ3v) is 3.21. The molecule has 1 saturated heterocycles. The molecule has 1 aliphatic rings. The number of nitrogens with one attached hydrogen (secondary N) is 1. The standard InChI is InChI=1S/C12H14BrN3O2/c1-2-5-16-11(17)6-9(12(16)18)15-10-4-3-8(13)7-14-10/h3-4,7,9H,2,5-6H2,1H3,(H,14,15). The van der Waals surface area contributed by atoms with Gasteiger partial charge in [0, 0.05) is 17.2 Å². The highest BCUT2D eigenvalue weighted by atomic mass is 79.9.